The number of anilines is 1. The molecule has 0 heterocycles. The van der Waals surface area contributed by atoms with E-state index in [1.165, 1.54) is 16.4 Å². The zero-order valence-corrected chi connectivity index (χ0v) is 22.1. The molecule has 0 bridgehead atoms. The van der Waals surface area contributed by atoms with Crippen LogP contribution in [-0.4, -0.2) is 13.2 Å². The number of nitriles is 1. The van der Waals surface area contributed by atoms with Crippen molar-refractivity contribution in [2.45, 2.75) is 32.4 Å². The van der Waals surface area contributed by atoms with Crippen molar-refractivity contribution in [2.75, 3.05) is 5.32 Å². The second-order valence-electron chi connectivity index (χ2n) is 9.86. The van der Waals surface area contributed by atoms with Crippen molar-refractivity contribution in [3.05, 3.63) is 124 Å². The maximum absolute atomic E-state index is 11.4. The van der Waals surface area contributed by atoms with Gasteiger partial charge in [-0.2, -0.15) is 5.26 Å². The highest BCUT2D eigenvalue weighted by molar-refractivity contribution is 7.00. The minimum absolute atomic E-state index is 0.120. The first-order valence-electron chi connectivity index (χ1n) is 12.1. The SMILES string of the molecule is CC(C)(C)[Si](Oc1ccc(CNc2ccc(C#N)cc2[N+](=O)[O-])cc1)(c1ccccc1)c1ccccc1. The van der Waals surface area contributed by atoms with Crippen LogP contribution in [0.4, 0.5) is 11.4 Å². The summed E-state index contributed by atoms with van der Waals surface area (Å²) in [4.78, 5) is 11.0. The zero-order valence-electron chi connectivity index (χ0n) is 21.1. The molecular formula is C30H29N3O3Si. The van der Waals surface area contributed by atoms with Gasteiger partial charge in [-0.25, -0.2) is 0 Å². The molecule has 0 aliphatic rings. The molecule has 4 aromatic rings. The fourth-order valence-electron chi connectivity index (χ4n) is 4.60. The summed E-state index contributed by atoms with van der Waals surface area (Å²) in [5.74, 6) is 0.780. The Kier molecular flexibility index (Phi) is 7.41. The van der Waals surface area contributed by atoms with Gasteiger partial charge in [0.05, 0.1) is 16.6 Å². The van der Waals surface area contributed by atoms with E-state index in [9.17, 15) is 10.1 Å². The lowest BCUT2D eigenvalue weighted by atomic mass is 10.1. The van der Waals surface area contributed by atoms with E-state index >= 15 is 0 Å². The topological polar surface area (TPSA) is 88.2 Å². The molecule has 0 aliphatic heterocycles. The number of benzene rings is 4. The third-order valence-electron chi connectivity index (χ3n) is 6.42. The highest BCUT2D eigenvalue weighted by Gasteiger charge is 2.52. The molecule has 0 aromatic heterocycles. The van der Waals surface area contributed by atoms with E-state index in [0.29, 0.717) is 12.2 Å². The van der Waals surface area contributed by atoms with Crippen LogP contribution in [-0.2, 0) is 6.54 Å². The first-order valence-corrected chi connectivity index (χ1v) is 14.0. The van der Waals surface area contributed by atoms with Gasteiger partial charge >= 0.3 is 8.32 Å². The minimum atomic E-state index is -2.72. The Hall–Kier alpha value is -4.41. The predicted octanol–water partition coefficient (Wildman–Crippen LogP) is 6.02. The first-order chi connectivity index (χ1) is 17.7. The van der Waals surface area contributed by atoms with Crippen LogP contribution in [0.1, 0.15) is 31.9 Å². The fraction of sp³-hybridized carbons (Fsp3) is 0.167. The quantitative estimate of drug-likeness (QED) is 0.179. The molecule has 37 heavy (non-hydrogen) atoms. The molecule has 0 radical (unpaired) electrons. The number of hydrogen-bond acceptors (Lipinski definition) is 5. The van der Waals surface area contributed by atoms with Gasteiger partial charge in [0.15, 0.2) is 0 Å². The van der Waals surface area contributed by atoms with Crippen molar-refractivity contribution in [3.8, 4) is 11.8 Å². The molecule has 0 spiro atoms. The molecule has 0 fully saturated rings. The van der Waals surface area contributed by atoms with Crippen LogP contribution in [0.5, 0.6) is 5.75 Å². The summed E-state index contributed by atoms with van der Waals surface area (Å²) in [6.45, 7) is 7.11. The monoisotopic (exact) mass is 507 g/mol. The zero-order chi connectivity index (χ0) is 26.5. The third-order valence-corrected chi connectivity index (χ3v) is 11.4. The van der Waals surface area contributed by atoms with Gasteiger partial charge in [-0.05, 0) is 45.2 Å². The lowest BCUT2D eigenvalue weighted by Crippen LogP contribution is -2.68. The average Bonchev–Trinajstić information content (AvgIpc) is 2.91. The van der Waals surface area contributed by atoms with Gasteiger partial charge in [-0.15, -0.1) is 0 Å². The molecule has 0 atom stereocenters. The highest BCUT2D eigenvalue weighted by Crippen LogP contribution is 2.37. The third kappa shape index (κ3) is 5.40. The predicted molar refractivity (Wildman–Crippen MR) is 150 cm³/mol. The maximum Gasteiger partial charge on any atom is 0.319 e. The molecule has 7 heteroatoms. The van der Waals surface area contributed by atoms with E-state index in [1.54, 1.807) is 12.1 Å². The van der Waals surface area contributed by atoms with Gasteiger partial charge in [-0.1, -0.05) is 93.6 Å². The van der Waals surface area contributed by atoms with Crippen molar-refractivity contribution < 1.29 is 9.35 Å². The van der Waals surface area contributed by atoms with Crippen LogP contribution < -0.4 is 20.1 Å². The van der Waals surface area contributed by atoms with Crippen LogP contribution in [0.3, 0.4) is 0 Å². The lowest BCUT2D eigenvalue weighted by molar-refractivity contribution is -0.384. The van der Waals surface area contributed by atoms with E-state index in [4.69, 9.17) is 9.69 Å². The van der Waals surface area contributed by atoms with Gasteiger partial charge < -0.3 is 9.74 Å². The number of nitrogens with one attached hydrogen (secondary N) is 1. The highest BCUT2D eigenvalue weighted by atomic mass is 28.4. The van der Waals surface area contributed by atoms with Crippen molar-refractivity contribution >= 4 is 30.1 Å². The Balaban J connectivity index is 1.62. The second kappa shape index (κ2) is 10.7. The molecule has 6 nitrogen and oxygen atoms in total. The van der Waals surface area contributed by atoms with Crippen LogP contribution in [0.15, 0.2) is 103 Å². The van der Waals surface area contributed by atoms with Gasteiger partial charge in [0.1, 0.15) is 11.4 Å². The van der Waals surface area contributed by atoms with Gasteiger partial charge in [-0.3, -0.25) is 10.1 Å². The smallest absolute Gasteiger partial charge is 0.319 e. The van der Waals surface area contributed by atoms with Gasteiger partial charge in [0.25, 0.3) is 5.69 Å². The Labute approximate surface area is 218 Å². The van der Waals surface area contributed by atoms with Crippen molar-refractivity contribution in [1.29, 1.82) is 5.26 Å². The summed E-state index contributed by atoms with van der Waals surface area (Å²) >= 11 is 0. The summed E-state index contributed by atoms with van der Waals surface area (Å²) in [6.07, 6.45) is 0. The summed E-state index contributed by atoms with van der Waals surface area (Å²) < 4.78 is 7.03. The van der Waals surface area contributed by atoms with Crippen molar-refractivity contribution in [1.82, 2.24) is 0 Å². The van der Waals surface area contributed by atoms with Crippen molar-refractivity contribution in [3.63, 3.8) is 0 Å². The molecule has 0 saturated carbocycles. The van der Waals surface area contributed by atoms with E-state index in [1.807, 2.05) is 42.5 Å². The Morgan fingerprint density at radius 2 is 1.46 bits per heavy atom. The van der Waals surface area contributed by atoms with E-state index < -0.39 is 13.2 Å². The van der Waals surface area contributed by atoms with E-state index in [2.05, 4.69) is 74.6 Å². The fourth-order valence-corrected chi connectivity index (χ4v) is 9.02. The maximum atomic E-state index is 11.4. The molecule has 1 N–H and O–H groups in total. The minimum Gasteiger partial charge on any atom is -0.534 e. The van der Waals surface area contributed by atoms with Crippen LogP contribution in [0, 0.1) is 21.4 Å². The molecule has 4 rings (SSSR count). The Bertz CT molecular complexity index is 1370. The normalized spacial score (nSPS) is 11.4. The lowest BCUT2D eigenvalue weighted by Gasteiger charge is -2.43. The molecule has 4 aromatic carbocycles. The number of nitro groups is 1. The summed E-state index contributed by atoms with van der Waals surface area (Å²) in [6, 6.07) is 35.1. The molecular weight excluding hydrogens is 478 g/mol. The average molecular weight is 508 g/mol. The standard InChI is InChI=1S/C30H29N3O3Si/c1-30(2,3)37(26-10-6-4-7-11-26,27-12-8-5-9-13-27)36-25-17-14-23(15-18-25)22-32-28-19-16-24(21-31)20-29(28)33(34)35/h4-20,32H,22H2,1-3H3. The first kappa shape index (κ1) is 25.7. The molecule has 0 aliphatic carbocycles. The number of rotatable bonds is 8. The van der Waals surface area contributed by atoms with Crippen LogP contribution >= 0.6 is 0 Å². The number of nitrogens with zero attached hydrogens (tertiary/aromatic N) is 2. The van der Waals surface area contributed by atoms with Crippen LogP contribution in [0.2, 0.25) is 5.04 Å². The largest absolute Gasteiger partial charge is 0.534 e. The molecule has 186 valence electrons. The van der Waals surface area contributed by atoms with Crippen molar-refractivity contribution in [2.24, 2.45) is 0 Å². The van der Waals surface area contributed by atoms with E-state index in [0.717, 1.165) is 11.3 Å². The Morgan fingerprint density at radius 1 is 0.892 bits per heavy atom. The van der Waals surface area contributed by atoms with Crippen LogP contribution in [0.25, 0.3) is 0 Å². The number of hydrogen-bond donors (Lipinski definition) is 1. The summed E-state index contributed by atoms with van der Waals surface area (Å²) in [5, 5.41) is 25.9. The second-order valence-corrected chi connectivity index (χ2v) is 14.1. The molecule has 0 unspecified atom stereocenters. The summed E-state index contributed by atoms with van der Waals surface area (Å²) in [7, 11) is -2.72. The Morgan fingerprint density at radius 3 is 1.95 bits per heavy atom. The molecule has 0 amide bonds. The van der Waals surface area contributed by atoms with Gasteiger partial charge in [0, 0.05) is 12.6 Å². The number of nitro benzene ring substituents is 1. The van der Waals surface area contributed by atoms with Gasteiger partial charge in [0.2, 0.25) is 0 Å². The van der Waals surface area contributed by atoms with E-state index in [-0.39, 0.29) is 16.3 Å². The summed E-state index contributed by atoms with van der Waals surface area (Å²) in [5.41, 5.74) is 1.46. The molecule has 0 saturated heterocycles.